The number of fused-ring (bicyclic) bond motifs is 1. The molecule has 104 valence electrons. The normalized spacial score (nSPS) is 12.4. The highest BCUT2D eigenvalue weighted by molar-refractivity contribution is 6.30. The van der Waals surface area contributed by atoms with Gasteiger partial charge in [0.2, 0.25) is 0 Å². The number of nitrogens with zero attached hydrogens (tertiary/aromatic N) is 3. The smallest absolute Gasteiger partial charge is 0.233 e. The zero-order chi connectivity index (χ0) is 14.4. The minimum Gasteiger partial charge on any atom is -0.233 e. The summed E-state index contributed by atoms with van der Waals surface area (Å²) in [6.45, 7) is 5.27. The van der Waals surface area contributed by atoms with Crippen molar-refractivity contribution in [1.82, 2.24) is 14.6 Å². The Labute approximate surface area is 113 Å². The first-order valence-corrected chi connectivity index (χ1v) is 6.22. The van der Waals surface area contributed by atoms with E-state index in [0.717, 1.165) is 11.3 Å². The summed E-state index contributed by atoms with van der Waals surface area (Å²) >= 11 is 6.06. The zero-order valence-electron chi connectivity index (χ0n) is 10.8. The molecule has 0 saturated heterocycles. The summed E-state index contributed by atoms with van der Waals surface area (Å²) in [5.74, 6) is 0. The second-order valence-electron chi connectivity index (χ2n) is 4.41. The summed E-state index contributed by atoms with van der Waals surface area (Å²) in [5, 5.41) is 4.16. The van der Waals surface area contributed by atoms with Gasteiger partial charge >= 0.3 is 6.18 Å². The number of rotatable bonds is 2. The summed E-state index contributed by atoms with van der Waals surface area (Å²) < 4.78 is 38.9. The molecule has 0 aliphatic carbocycles. The molecule has 2 aromatic rings. The molecule has 0 bridgehead atoms. The third-order valence-electron chi connectivity index (χ3n) is 3.03. The van der Waals surface area contributed by atoms with Crippen molar-refractivity contribution in [3.05, 3.63) is 27.7 Å². The van der Waals surface area contributed by atoms with Crippen LogP contribution in [0.4, 0.5) is 13.2 Å². The molecule has 0 N–H and O–H groups in total. The van der Waals surface area contributed by atoms with Crippen molar-refractivity contribution in [1.29, 1.82) is 0 Å². The van der Waals surface area contributed by atoms with Crippen LogP contribution in [-0.2, 0) is 12.8 Å². The first-order chi connectivity index (χ1) is 8.74. The number of aryl methyl sites for hydroxylation is 3. The summed E-state index contributed by atoms with van der Waals surface area (Å²) in [4.78, 5) is 4.23. The summed E-state index contributed by atoms with van der Waals surface area (Å²) in [6.07, 6.45) is -4.71. The van der Waals surface area contributed by atoms with Gasteiger partial charge in [-0.1, -0.05) is 18.5 Å². The molecule has 0 fully saturated rings. The maximum absolute atomic E-state index is 12.5. The second-order valence-corrected chi connectivity index (χ2v) is 4.77. The van der Waals surface area contributed by atoms with Crippen LogP contribution in [0.15, 0.2) is 0 Å². The first kappa shape index (κ1) is 14.1. The van der Waals surface area contributed by atoms with Gasteiger partial charge in [-0.2, -0.15) is 18.3 Å². The Kier molecular flexibility index (Phi) is 3.47. The van der Waals surface area contributed by atoms with Crippen LogP contribution >= 0.6 is 11.6 Å². The van der Waals surface area contributed by atoms with Gasteiger partial charge in [-0.05, 0) is 20.3 Å². The van der Waals surface area contributed by atoms with Gasteiger partial charge in [-0.25, -0.2) is 9.50 Å². The van der Waals surface area contributed by atoms with E-state index in [1.54, 1.807) is 6.92 Å². The highest BCUT2D eigenvalue weighted by Crippen LogP contribution is 2.29. The van der Waals surface area contributed by atoms with E-state index in [0.29, 0.717) is 17.8 Å². The molecule has 0 saturated carbocycles. The number of hydrogen-bond acceptors (Lipinski definition) is 2. The molecule has 3 nitrogen and oxygen atoms in total. The van der Waals surface area contributed by atoms with Gasteiger partial charge in [0.15, 0.2) is 5.65 Å². The van der Waals surface area contributed by atoms with E-state index in [2.05, 4.69) is 10.1 Å². The van der Waals surface area contributed by atoms with E-state index in [9.17, 15) is 13.2 Å². The Morgan fingerprint density at radius 2 is 1.79 bits per heavy atom. The fourth-order valence-corrected chi connectivity index (χ4v) is 2.44. The highest BCUT2D eigenvalue weighted by Gasteiger charge is 2.31. The highest BCUT2D eigenvalue weighted by atomic mass is 35.5. The van der Waals surface area contributed by atoms with Gasteiger partial charge in [0.25, 0.3) is 0 Å². The molecule has 0 radical (unpaired) electrons. The predicted molar refractivity (Wildman–Crippen MR) is 66.6 cm³/mol. The van der Waals surface area contributed by atoms with Crippen LogP contribution in [-0.4, -0.2) is 20.8 Å². The molecular formula is C12H13ClF3N3. The van der Waals surface area contributed by atoms with Crippen LogP contribution in [0.3, 0.4) is 0 Å². The van der Waals surface area contributed by atoms with Crippen LogP contribution in [0.2, 0.25) is 5.15 Å². The van der Waals surface area contributed by atoms with Gasteiger partial charge in [-0.15, -0.1) is 0 Å². The molecule has 0 spiro atoms. The maximum Gasteiger partial charge on any atom is 0.393 e. The van der Waals surface area contributed by atoms with E-state index >= 15 is 0 Å². The second kappa shape index (κ2) is 4.67. The van der Waals surface area contributed by atoms with Gasteiger partial charge in [0, 0.05) is 16.8 Å². The molecule has 0 atom stereocenters. The van der Waals surface area contributed by atoms with E-state index < -0.39 is 12.6 Å². The van der Waals surface area contributed by atoms with Gasteiger partial charge < -0.3 is 0 Å². The molecule has 0 aliphatic heterocycles. The summed E-state index contributed by atoms with van der Waals surface area (Å²) in [6, 6.07) is 0. The molecule has 19 heavy (non-hydrogen) atoms. The molecular weight excluding hydrogens is 279 g/mol. The van der Waals surface area contributed by atoms with Crippen molar-refractivity contribution >= 4 is 17.2 Å². The molecule has 0 aromatic carbocycles. The Hall–Kier alpha value is -1.30. The first-order valence-electron chi connectivity index (χ1n) is 5.84. The van der Waals surface area contributed by atoms with Crippen molar-refractivity contribution in [2.75, 3.05) is 0 Å². The van der Waals surface area contributed by atoms with E-state index in [4.69, 9.17) is 11.6 Å². The maximum atomic E-state index is 12.5. The van der Waals surface area contributed by atoms with E-state index in [1.807, 2.05) is 6.92 Å². The lowest BCUT2D eigenvalue weighted by molar-refractivity contribution is -0.127. The fourth-order valence-electron chi connectivity index (χ4n) is 2.12. The molecule has 7 heteroatoms. The Balaban J connectivity index is 2.69. The average molecular weight is 292 g/mol. The monoisotopic (exact) mass is 291 g/mol. The van der Waals surface area contributed by atoms with E-state index in [-0.39, 0.29) is 10.7 Å². The van der Waals surface area contributed by atoms with Crippen LogP contribution in [0.25, 0.3) is 5.65 Å². The van der Waals surface area contributed by atoms with Crippen molar-refractivity contribution in [2.45, 2.75) is 39.8 Å². The van der Waals surface area contributed by atoms with Crippen molar-refractivity contribution in [2.24, 2.45) is 0 Å². The fraction of sp³-hybridized carbons (Fsp3) is 0.500. The van der Waals surface area contributed by atoms with Gasteiger partial charge in [0.1, 0.15) is 5.15 Å². The van der Waals surface area contributed by atoms with Crippen LogP contribution < -0.4 is 0 Å². The molecule has 2 rings (SSSR count). The Morgan fingerprint density at radius 1 is 1.16 bits per heavy atom. The number of alkyl halides is 3. The summed E-state index contributed by atoms with van der Waals surface area (Å²) in [5.41, 5.74) is 2.45. The topological polar surface area (TPSA) is 30.2 Å². The number of halogens is 4. The lowest BCUT2D eigenvalue weighted by Gasteiger charge is -2.11. The lowest BCUT2D eigenvalue weighted by Crippen LogP contribution is -2.15. The summed E-state index contributed by atoms with van der Waals surface area (Å²) in [7, 11) is 0. The van der Waals surface area contributed by atoms with Gasteiger partial charge in [-0.3, -0.25) is 0 Å². The zero-order valence-corrected chi connectivity index (χ0v) is 11.5. The Bertz CT molecular complexity index is 631. The molecule has 0 unspecified atom stereocenters. The SMILES string of the molecule is CCc1c(C)nn2c(Cl)c(CC(F)(F)F)c(C)nc12. The van der Waals surface area contributed by atoms with Gasteiger partial charge in [0.05, 0.1) is 12.1 Å². The standard InChI is InChI=1S/C12H13ClF3N3/c1-4-8-7(3)18-19-10(13)9(5-12(14,15)16)6(2)17-11(8)19/h4-5H2,1-3H3. The molecule has 0 amide bonds. The molecule has 0 aliphatic rings. The predicted octanol–water partition coefficient (Wildman–Crippen LogP) is 3.67. The minimum absolute atomic E-state index is 0.0115. The number of aromatic nitrogens is 3. The van der Waals surface area contributed by atoms with Crippen molar-refractivity contribution < 1.29 is 13.2 Å². The third kappa shape index (κ3) is 2.54. The quantitative estimate of drug-likeness (QED) is 0.790. The minimum atomic E-state index is -4.32. The van der Waals surface area contributed by atoms with E-state index in [1.165, 1.54) is 11.4 Å². The largest absolute Gasteiger partial charge is 0.393 e. The number of hydrogen-bond donors (Lipinski definition) is 0. The third-order valence-corrected chi connectivity index (χ3v) is 3.42. The van der Waals surface area contributed by atoms with Crippen LogP contribution in [0, 0.1) is 13.8 Å². The van der Waals surface area contributed by atoms with Crippen molar-refractivity contribution in [3.63, 3.8) is 0 Å². The van der Waals surface area contributed by atoms with Crippen molar-refractivity contribution in [3.8, 4) is 0 Å². The van der Waals surface area contributed by atoms with Crippen LogP contribution in [0.1, 0.15) is 29.4 Å². The lowest BCUT2D eigenvalue weighted by atomic mass is 10.1. The Morgan fingerprint density at radius 3 is 2.32 bits per heavy atom. The molecule has 2 heterocycles. The molecule has 2 aromatic heterocycles. The average Bonchev–Trinajstić information content (AvgIpc) is 2.59. The van der Waals surface area contributed by atoms with Crippen LogP contribution in [0.5, 0.6) is 0 Å².